The highest BCUT2D eigenvalue weighted by Gasteiger charge is 2.34. The first-order valence-electron chi connectivity index (χ1n) is 13.4. The fraction of sp³-hybridized carbons (Fsp3) is 0. The Morgan fingerprint density at radius 1 is 0.415 bits per heavy atom. The van der Waals surface area contributed by atoms with Crippen molar-refractivity contribution in [2.75, 3.05) is 0 Å². The van der Waals surface area contributed by atoms with Gasteiger partial charge in [-0.05, 0) is 58.7 Å². The lowest BCUT2D eigenvalue weighted by molar-refractivity contribution is 0.598. The Morgan fingerprint density at radius 2 is 0.854 bits per heavy atom. The van der Waals surface area contributed by atoms with Gasteiger partial charge in [-0.1, -0.05) is 84.9 Å². The molecule has 2 aromatic heterocycles. The maximum Gasteiger partial charge on any atom is 0.207 e. The molecule has 9 rings (SSSR count). The second kappa shape index (κ2) is 7.96. The summed E-state index contributed by atoms with van der Waals surface area (Å²) in [4.78, 5) is 0.665. The monoisotopic (exact) mass is 548 g/mol. The molecule has 4 nitrogen and oxygen atoms in total. The summed E-state index contributed by atoms with van der Waals surface area (Å²) >= 11 is 0. The zero-order valence-electron chi connectivity index (χ0n) is 21.6. The Kier molecular flexibility index (Phi) is 4.40. The molecular formula is C36H20O4S. The third kappa shape index (κ3) is 3.06. The molecule has 0 saturated carbocycles. The molecule has 0 atom stereocenters. The Labute approximate surface area is 235 Å². The second-order valence-corrected chi connectivity index (χ2v) is 12.4. The van der Waals surface area contributed by atoms with E-state index in [4.69, 9.17) is 8.83 Å². The summed E-state index contributed by atoms with van der Waals surface area (Å²) in [5.74, 6) is 0. The zero-order valence-corrected chi connectivity index (χ0v) is 22.4. The molecule has 0 saturated heterocycles. The molecule has 0 unspecified atom stereocenters. The number of hydrogen-bond donors (Lipinski definition) is 0. The maximum absolute atomic E-state index is 14.1. The van der Waals surface area contributed by atoms with E-state index < -0.39 is 9.84 Å². The van der Waals surface area contributed by atoms with Gasteiger partial charge in [0, 0.05) is 32.7 Å². The van der Waals surface area contributed by atoms with Crippen molar-refractivity contribution in [3.05, 3.63) is 121 Å². The number of benzene rings is 6. The van der Waals surface area contributed by atoms with Crippen LogP contribution in [0.3, 0.4) is 0 Å². The molecule has 41 heavy (non-hydrogen) atoms. The predicted molar refractivity (Wildman–Crippen MR) is 163 cm³/mol. The Morgan fingerprint density at radius 3 is 1.34 bits per heavy atom. The van der Waals surface area contributed by atoms with Gasteiger partial charge in [-0.25, -0.2) is 8.42 Å². The quantitative estimate of drug-likeness (QED) is 0.216. The minimum absolute atomic E-state index is 0.332. The highest BCUT2D eigenvalue weighted by Crippen LogP contribution is 2.48. The minimum atomic E-state index is -3.74. The lowest BCUT2D eigenvalue weighted by atomic mass is 9.95. The van der Waals surface area contributed by atoms with Crippen LogP contribution in [0.5, 0.6) is 0 Å². The summed E-state index contributed by atoms with van der Waals surface area (Å²) < 4.78 is 40.3. The van der Waals surface area contributed by atoms with Crippen molar-refractivity contribution in [1.82, 2.24) is 0 Å². The van der Waals surface area contributed by atoms with E-state index in [-0.39, 0.29) is 0 Å². The molecule has 8 aromatic rings. The molecule has 0 amide bonds. The van der Waals surface area contributed by atoms with Crippen LogP contribution in [0.25, 0.3) is 77.3 Å². The number of fused-ring (bicyclic) bond motifs is 9. The van der Waals surface area contributed by atoms with E-state index in [1.54, 1.807) is 0 Å². The highest BCUT2D eigenvalue weighted by molar-refractivity contribution is 7.92. The highest BCUT2D eigenvalue weighted by atomic mass is 32.2. The molecule has 1 aliphatic heterocycles. The average Bonchev–Trinajstić information content (AvgIpc) is 3.65. The third-order valence-electron chi connectivity index (χ3n) is 8.26. The van der Waals surface area contributed by atoms with E-state index in [0.717, 1.165) is 77.3 Å². The second-order valence-electron chi connectivity index (χ2n) is 10.5. The molecule has 5 heteroatoms. The first-order valence-corrected chi connectivity index (χ1v) is 14.9. The van der Waals surface area contributed by atoms with Crippen molar-refractivity contribution in [1.29, 1.82) is 0 Å². The fourth-order valence-electron chi connectivity index (χ4n) is 6.42. The zero-order chi connectivity index (χ0) is 27.3. The van der Waals surface area contributed by atoms with Crippen molar-refractivity contribution in [2.45, 2.75) is 9.79 Å². The lowest BCUT2D eigenvalue weighted by Gasteiger charge is -2.07. The fourth-order valence-corrected chi connectivity index (χ4v) is 8.15. The predicted octanol–water partition coefficient (Wildman–Crippen LogP) is 9.63. The van der Waals surface area contributed by atoms with E-state index in [1.165, 1.54) is 0 Å². The number of furan rings is 2. The Balaban J connectivity index is 1.22. The number of sulfone groups is 1. The van der Waals surface area contributed by atoms with E-state index >= 15 is 0 Å². The topological polar surface area (TPSA) is 60.4 Å². The first-order chi connectivity index (χ1) is 20.1. The van der Waals surface area contributed by atoms with Gasteiger partial charge in [0.1, 0.15) is 22.3 Å². The van der Waals surface area contributed by atoms with Gasteiger partial charge in [0.05, 0.1) is 9.79 Å². The van der Waals surface area contributed by atoms with Crippen LogP contribution >= 0.6 is 0 Å². The summed E-state index contributed by atoms with van der Waals surface area (Å²) in [6.45, 7) is 0. The SMILES string of the molecule is O=S1(=O)c2cc(-c3cccc4oc5ccccc5c34)ccc2-c2ccc(-c3cccc4oc5ccccc5c34)cc21. The van der Waals surface area contributed by atoms with Crippen LogP contribution in [0, 0.1) is 0 Å². The van der Waals surface area contributed by atoms with Crippen LogP contribution in [-0.2, 0) is 9.84 Å². The molecule has 3 heterocycles. The van der Waals surface area contributed by atoms with E-state index in [1.807, 2.05) is 121 Å². The van der Waals surface area contributed by atoms with Crippen LogP contribution in [-0.4, -0.2) is 8.42 Å². The van der Waals surface area contributed by atoms with Gasteiger partial charge >= 0.3 is 0 Å². The van der Waals surface area contributed by atoms with Gasteiger partial charge in [0.15, 0.2) is 0 Å². The van der Waals surface area contributed by atoms with Crippen molar-refractivity contribution in [3.63, 3.8) is 0 Å². The van der Waals surface area contributed by atoms with Gasteiger partial charge in [0.25, 0.3) is 0 Å². The lowest BCUT2D eigenvalue weighted by Crippen LogP contribution is -1.97. The van der Waals surface area contributed by atoms with Gasteiger partial charge < -0.3 is 8.83 Å². The largest absolute Gasteiger partial charge is 0.456 e. The Bertz CT molecular complexity index is 2330. The van der Waals surface area contributed by atoms with Crippen molar-refractivity contribution in [2.24, 2.45) is 0 Å². The van der Waals surface area contributed by atoms with Crippen molar-refractivity contribution in [3.8, 4) is 33.4 Å². The molecule has 0 bridgehead atoms. The molecular weight excluding hydrogens is 528 g/mol. The molecule has 194 valence electrons. The summed E-state index contributed by atoms with van der Waals surface area (Å²) in [5.41, 5.74) is 8.20. The summed E-state index contributed by atoms with van der Waals surface area (Å²) in [7, 11) is -3.74. The van der Waals surface area contributed by atoms with Gasteiger partial charge in [-0.3, -0.25) is 0 Å². The average molecular weight is 549 g/mol. The molecule has 6 aromatic carbocycles. The smallest absolute Gasteiger partial charge is 0.207 e. The van der Waals surface area contributed by atoms with Crippen LogP contribution in [0.2, 0.25) is 0 Å². The van der Waals surface area contributed by atoms with Crippen molar-refractivity contribution < 1.29 is 17.3 Å². The van der Waals surface area contributed by atoms with E-state index in [0.29, 0.717) is 9.79 Å². The number of rotatable bonds is 2. The van der Waals surface area contributed by atoms with E-state index in [2.05, 4.69) is 0 Å². The first kappa shape index (κ1) is 22.7. The molecule has 0 aliphatic carbocycles. The third-order valence-corrected chi connectivity index (χ3v) is 10.1. The number of para-hydroxylation sites is 2. The molecule has 0 N–H and O–H groups in total. The van der Waals surface area contributed by atoms with Gasteiger partial charge in [-0.2, -0.15) is 0 Å². The van der Waals surface area contributed by atoms with Crippen LogP contribution in [0.15, 0.2) is 140 Å². The van der Waals surface area contributed by atoms with Crippen molar-refractivity contribution >= 4 is 53.7 Å². The molecule has 0 spiro atoms. The molecule has 0 radical (unpaired) electrons. The van der Waals surface area contributed by atoms with Gasteiger partial charge in [-0.15, -0.1) is 0 Å². The summed E-state index contributed by atoms with van der Waals surface area (Å²) in [5, 5.41) is 3.99. The standard InChI is InChI=1S/C36H20O4S/c37-41(38)33-19-21(23-9-5-13-31-35(23)27-7-1-3-11-29(27)39-31)15-17-25(33)26-18-16-22(20-34(26)41)24-10-6-14-32-36(24)28-8-2-4-12-30(28)40-32/h1-20H. The van der Waals surface area contributed by atoms with Crippen LogP contribution < -0.4 is 0 Å². The maximum atomic E-state index is 14.1. The van der Waals surface area contributed by atoms with Crippen LogP contribution in [0.1, 0.15) is 0 Å². The van der Waals surface area contributed by atoms with Gasteiger partial charge in [0.2, 0.25) is 9.84 Å². The number of hydrogen-bond acceptors (Lipinski definition) is 4. The van der Waals surface area contributed by atoms with Crippen LogP contribution in [0.4, 0.5) is 0 Å². The minimum Gasteiger partial charge on any atom is -0.456 e. The summed E-state index contributed by atoms with van der Waals surface area (Å²) in [6.07, 6.45) is 0. The Hall–Kier alpha value is -5.13. The molecule has 1 aliphatic rings. The normalized spacial score (nSPS) is 13.8. The summed E-state index contributed by atoms with van der Waals surface area (Å²) in [6, 6.07) is 39.2. The van der Waals surface area contributed by atoms with E-state index in [9.17, 15) is 8.42 Å². The molecule has 0 fully saturated rings.